The van der Waals surface area contributed by atoms with Crippen LogP contribution >= 0.6 is 12.2 Å². The van der Waals surface area contributed by atoms with Crippen LogP contribution in [0.2, 0.25) is 0 Å². The van der Waals surface area contributed by atoms with Crippen LogP contribution in [-0.2, 0) is 9.84 Å². The topological polar surface area (TPSA) is 141 Å². The van der Waals surface area contributed by atoms with Gasteiger partial charge in [-0.2, -0.15) is 0 Å². The number of sulfone groups is 1. The van der Waals surface area contributed by atoms with E-state index in [-0.39, 0.29) is 27.9 Å². The van der Waals surface area contributed by atoms with Gasteiger partial charge in [0.15, 0.2) is 21.3 Å². The van der Waals surface area contributed by atoms with Gasteiger partial charge in [0, 0.05) is 5.56 Å². The van der Waals surface area contributed by atoms with Gasteiger partial charge in [-0.3, -0.25) is 4.79 Å². The third kappa shape index (κ3) is 4.33. The zero-order valence-corrected chi connectivity index (χ0v) is 15.9. The minimum Gasteiger partial charge on any atom is -0.392 e. The van der Waals surface area contributed by atoms with Crippen molar-refractivity contribution in [2.75, 3.05) is 12.3 Å². The summed E-state index contributed by atoms with van der Waals surface area (Å²) in [6.45, 7) is 3.25. The Bertz CT molecular complexity index is 941. The summed E-state index contributed by atoms with van der Waals surface area (Å²) in [4.78, 5) is 20.7. The molecule has 138 valence electrons. The number of amides is 1. The lowest BCUT2D eigenvalue weighted by molar-refractivity contribution is 0.0955. The lowest BCUT2D eigenvalue weighted by atomic mass is 10.1. The van der Waals surface area contributed by atoms with Crippen LogP contribution < -0.4 is 16.8 Å². The van der Waals surface area contributed by atoms with Crippen molar-refractivity contribution in [3.63, 3.8) is 0 Å². The summed E-state index contributed by atoms with van der Waals surface area (Å²) in [6.07, 6.45) is 1.41. The number of carbonyl (C=O) groups is 1. The molecular weight excluding hydrogens is 374 g/mol. The summed E-state index contributed by atoms with van der Waals surface area (Å²) in [5.41, 5.74) is 12.0. The van der Waals surface area contributed by atoms with E-state index in [0.29, 0.717) is 11.3 Å². The highest BCUT2D eigenvalue weighted by molar-refractivity contribution is 7.92. The number of nitrogens with one attached hydrogen (secondary N) is 1. The fraction of sp³-hybridized carbons (Fsp3) is 0.250. The van der Waals surface area contributed by atoms with Gasteiger partial charge in [0.05, 0.1) is 33.6 Å². The van der Waals surface area contributed by atoms with Gasteiger partial charge in [0.25, 0.3) is 5.91 Å². The molecule has 2 aromatic rings. The number of hydrogen-bond acceptors (Lipinski definition) is 7. The average Bonchev–Trinajstić information content (AvgIpc) is 2.60. The quantitative estimate of drug-likeness (QED) is 0.615. The molecule has 1 aromatic carbocycles. The van der Waals surface area contributed by atoms with Gasteiger partial charge in [0.2, 0.25) is 0 Å². The van der Waals surface area contributed by atoms with Crippen LogP contribution in [0.5, 0.6) is 0 Å². The standard InChI is InChI=1S/C16H19N5O3S2/c1-9(2)26(23,24)11-5-3-10(4-6-11)12-7-19-15(18)14(21-12)16(22)20-8-13(17)25/h3-7,9H,8H2,1-2H3,(H2,17,25)(H2,18,19)(H,20,22). The van der Waals surface area contributed by atoms with Crippen LogP contribution in [0.15, 0.2) is 35.4 Å². The number of rotatable bonds is 6. The fourth-order valence-corrected chi connectivity index (χ4v) is 3.18. The molecular formula is C16H19N5O3S2. The van der Waals surface area contributed by atoms with Gasteiger partial charge < -0.3 is 16.8 Å². The number of carbonyl (C=O) groups excluding carboxylic acids is 1. The van der Waals surface area contributed by atoms with Crippen molar-refractivity contribution in [2.24, 2.45) is 5.73 Å². The molecule has 1 amide bonds. The smallest absolute Gasteiger partial charge is 0.274 e. The summed E-state index contributed by atoms with van der Waals surface area (Å²) < 4.78 is 24.4. The lowest BCUT2D eigenvalue weighted by Gasteiger charge is -2.10. The zero-order chi connectivity index (χ0) is 19.5. The first kappa shape index (κ1) is 19.7. The van der Waals surface area contributed by atoms with Crippen molar-refractivity contribution in [1.82, 2.24) is 15.3 Å². The van der Waals surface area contributed by atoms with E-state index in [4.69, 9.17) is 23.7 Å². The Labute approximate surface area is 156 Å². The van der Waals surface area contributed by atoms with Gasteiger partial charge >= 0.3 is 0 Å². The first-order valence-corrected chi connectivity index (χ1v) is 9.61. The molecule has 0 fully saturated rings. The van der Waals surface area contributed by atoms with Gasteiger partial charge in [-0.1, -0.05) is 24.4 Å². The predicted molar refractivity (Wildman–Crippen MR) is 103 cm³/mol. The Morgan fingerprint density at radius 1 is 1.27 bits per heavy atom. The fourth-order valence-electron chi connectivity index (χ4n) is 2.04. The minimum atomic E-state index is -3.36. The second-order valence-corrected chi connectivity index (χ2v) is 8.78. The first-order valence-electron chi connectivity index (χ1n) is 7.66. The monoisotopic (exact) mass is 393 g/mol. The summed E-state index contributed by atoms with van der Waals surface area (Å²) >= 11 is 4.71. The molecule has 0 unspecified atom stereocenters. The molecule has 0 radical (unpaired) electrons. The normalized spacial score (nSPS) is 11.3. The van der Waals surface area contributed by atoms with E-state index in [9.17, 15) is 13.2 Å². The molecule has 1 aromatic heterocycles. The molecule has 0 atom stereocenters. The number of benzene rings is 1. The number of thiocarbonyl (C=S) groups is 1. The summed E-state index contributed by atoms with van der Waals surface area (Å²) in [6, 6.07) is 6.20. The zero-order valence-electron chi connectivity index (χ0n) is 14.3. The average molecular weight is 393 g/mol. The SMILES string of the molecule is CC(C)S(=O)(=O)c1ccc(-c2cnc(N)c(C(=O)NCC(N)=S)n2)cc1. The van der Waals surface area contributed by atoms with Crippen molar-refractivity contribution in [1.29, 1.82) is 0 Å². The molecule has 10 heteroatoms. The maximum atomic E-state index is 12.2. The van der Waals surface area contributed by atoms with Crippen molar-refractivity contribution >= 4 is 38.8 Å². The number of nitrogen functional groups attached to an aromatic ring is 1. The lowest BCUT2D eigenvalue weighted by Crippen LogP contribution is -2.33. The molecule has 8 nitrogen and oxygen atoms in total. The second-order valence-electron chi connectivity index (χ2n) is 5.76. The number of nitrogens with zero attached hydrogens (tertiary/aromatic N) is 2. The molecule has 0 saturated carbocycles. The maximum absolute atomic E-state index is 12.2. The highest BCUT2D eigenvalue weighted by Crippen LogP contribution is 2.22. The third-order valence-corrected chi connectivity index (χ3v) is 5.85. The number of hydrogen-bond donors (Lipinski definition) is 3. The van der Waals surface area contributed by atoms with Gasteiger partial charge in [0.1, 0.15) is 0 Å². The molecule has 0 aliphatic heterocycles. The molecule has 0 aliphatic carbocycles. The highest BCUT2D eigenvalue weighted by Gasteiger charge is 2.19. The van der Waals surface area contributed by atoms with Crippen LogP contribution in [0.3, 0.4) is 0 Å². The Hall–Kier alpha value is -2.59. The van der Waals surface area contributed by atoms with Gasteiger partial charge in [-0.15, -0.1) is 0 Å². The van der Waals surface area contributed by atoms with Crippen LogP contribution in [0.1, 0.15) is 24.3 Å². The van der Waals surface area contributed by atoms with E-state index in [1.54, 1.807) is 26.0 Å². The Morgan fingerprint density at radius 2 is 1.88 bits per heavy atom. The van der Waals surface area contributed by atoms with Crippen LogP contribution in [0.25, 0.3) is 11.3 Å². The van der Waals surface area contributed by atoms with Crippen LogP contribution in [0.4, 0.5) is 5.82 Å². The minimum absolute atomic E-state index is 0.0152. The second kappa shape index (κ2) is 7.75. The Morgan fingerprint density at radius 3 is 2.42 bits per heavy atom. The number of anilines is 1. The maximum Gasteiger partial charge on any atom is 0.274 e. The van der Waals surface area contributed by atoms with E-state index in [1.807, 2.05) is 0 Å². The highest BCUT2D eigenvalue weighted by atomic mass is 32.2. The Kier molecular flexibility index (Phi) is 5.88. The molecule has 2 rings (SSSR count). The molecule has 0 spiro atoms. The van der Waals surface area contributed by atoms with Crippen molar-refractivity contribution < 1.29 is 13.2 Å². The largest absolute Gasteiger partial charge is 0.392 e. The van der Waals surface area contributed by atoms with Gasteiger partial charge in [-0.05, 0) is 26.0 Å². The van der Waals surface area contributed by atoms with Crippen molar-refractivity contribution in [2.45, 2.75) is 24.0 Å². The predicted octanol–water partition coefficient (Wildman–Crippen LogP) is 0.924. The third-order valence-electron chi connectivity index (χ3n) is 3.54. The number of nitrogens with two attached hydrogens (primary N) is 2. The van der Waals surface area contributed by atoms with E-state index in [2.05, 4.69) is 15.3 Å². The molecule has 1 heterocycles. The van der Waals surface area contributed by atoms with Gasteiger partial charge in [-0.25, -0.2) is 18.4 Å². The molecule has 5 N–H and O–H groups in total. The van der Waals surface area contributed by atoms with E-state index < -0.39 is 21.0 Å². The molecule has 0 bridgehead atoms. The summed E-state index contributed by atoms with van der Waals surface area (Å²) in [7, 11) is -3.36. The van der Waals surface area contributed by atoms with Crippen molar-refractivity contribution in [3.05, 3.63) is 36.2 Å². The van der Waals surface area contributed by atoms with E-state index in [1.165, 1.54) is 18.3 Å². The summed E-state index contributed by atoms with van der Waals surface area (Å²) in [5.74, 6) is -0.586. The van der Waals surface area contributed by atoms with Crippen LogP contribution in [0, 0.1) is 0 Å². The van der Waals surface area contributed by atoms with Crippen molar-refractivity contribution in [3.8, 4) is 11.3 Å². The van der Waals surface area contributed by atoms with E-state index in [0.717, 1.165) is 0 Å². The van der Waals surface area contributed by atoms with E-state index >= 15 is 0 Å². The number of aromatic nitrogens is 2. The summed E-state index contributed by atoms with van der Waals surface area (Å²) in [5, 5.41) is 1.97. The molecule has 26 heavy (non-hydrogen) atoms. The Balaban J connectivity index is 2.34. The molecule has 0 saturated heterocycles. The molecule has 0 aliphatic rings. The van der Waals surface area contributed by atoms with Crippen LogP contribution in [-0.4, -0.2) is 41.1 Å². The first-order chi connectivity index (χ1) is 12.1.